The average Bonchev–Trinajstić information content (AvgIpc) is 2.37. The second kappa shape index (κ2) is 7.79. The number of aryl methyl sites for hydroxylation is 1. The third-order valence-corrected chi connectivity index (χ3v) is 2.85. The summed E-state index contributed by atoms with van der Waals surface area (Å²) < 4.78 is 5.67. The molecule has 0 aliphatic rings. The molecule has 0 aliphatic carbocycles. The Labute approximate surface area is 115 Å². The molecule has 4 heteroatoms. The minimum absolute atomic E-state index is 0.138. The largest absolute Gasteiger partial charge is 0.492 e. The molecule has 0 saturated carbocycles. The van der Waals surface area contributed by atoms with Gasteiger partial charge in [-0.05, 0) is 26.0 Å². The van der Waals surface area contributed by atoms with E-state index in [0.717, 1.165) is 5.75 Å². The molecule has 1 unspecified atom stereocenters. The van der Waals surface area contributed by atoms with Crippen LogP contribution in [0.1, 0.15) is 18.9 Å². The summed E-state index contributed by atoms with van der Waals surface area (Å²) in [6.45, 7) is 5.37. The highest BCUT2D eigenvalue weighted by Crippen LogP contribution is 2.11. The van der Waals surface area contributed by atoms with Gasteiger partial charge in [-0.25, -0.2) is 0 Å². The number of nitrogens with zero attached hydrogens (tertiary/aromatic N) is 1. The highest BCUT2D eigenvalue weighted by Gasteiger charge is 2.06. The molecule has 0 saturated heterocycles. The average molecular weight is 264 g/mol. The van der Waals surface area contributed by atoms with Gasteiger partial charge in [-0.3, -0.25) is 4.79 Å². The SMILES string of the molecule is Cc1ccc(OCC(C)NCCC(=O)N(C)C)cc1. The zero-order valence-electron chi connectivity index (χ0n) is 12.3. The van der Waals surface area contributed by atoms with E-state index >= 15 is 0 Å². The van der Waals surface area contributed by atoms with Crippen molar-refractivity contribution in [3.63, 3.8) is 0 Å². The van der Waals surface area contributed by atoms with Crippen molar-refractivity contribution in [2.75, 3.05) is 27.2 Å². The van der Waals surface area contributed by atoms with Crippen molar-refractivity contribution in [1.29, 1.82) is 0 Å². The van der Waals surface area contributed by atoms with E-state index in [4.69, 9.17) is 4.74 Å². The molecule has 0 bridgehead atoms. The standard InChI is InChI=1S/C15H24N2O2/c1-12-5-7-14(8-6-12)19-11-13(2)16-10-9-15(18)17(3)4/h5-8,13,16H,9-11H2,1-4H3. The zero-order valence-corrected chi connectivity index (χ0v) is 12.3. The molecule has 1 atom stereocenters. The molecule has 0 spiro atoms. The molecular formula is C15H24N2O2. The third kappa shape index (κ3) is 6.25. The molecule has 0 fully saturated rings. The van der Waals surface area contributed by atoms with Crippen molar-refractivity contribution in [1.82, 2.24) is 10.2 Å². The minimum atomic E-state index is 0.138. The van der Waals surface area contributed by atoms with Crippen molar-refractivity contribution in [3.05, 3.63) is 29.8 Å². The van der Waals surface area contributed by atoms with Gasteiger partial charge in [0, 0.05) is 33.1 Å². The number of hydrogen-bond acceptors (Lipinski definition) is 3. The molecule has 1 aromatic rings. The number of ether oxygens (including phenoxy) is 1. The maximum Gasteiger partial charge on any atom is 0.223 e. The number of nitrogens with one attached hydrogen (secondary N) is 1. The van der Waals surface area contributed by atoms with E-state index in [-0.39, 0.29) is 11.9 Å². The van der Waals surface area contributed by atoms with E-state index in [1.807, 2.05) is 31.2 Å². The number of amides is 1. The van der Waals surface area contributed by atoms with Gasteiger partial charge in [0.15, 0.2) is 0 Å². The molecule has 4 nitrogen and oxygen atoms in total. The number of carbonyl (C=O) groups excluding carboxylic acids is 1. The lowest BCUT2D eigenvalue weighted by Crippen LogP contribution is -2.35. The third-order valence-electron chi connectivity index (χ3n) is 2.85. The lowest BCUT2D eigenvalue weighted by atomic mass is 10.2. The van der Waals surface area contributed by atoms with Gasteiger partial charge in [0.25, 0.3) is 0 Å². The Morgan fingerprint density at radius 2 is 1.95 bits per heavy atom. The monoisotopic (exact) mass is 264 g/mol. The molecule has 19 heavy (non-hydrogen) atoms. The predicted octanol–water partition coefficient (Wildman–Crippen LogP) is 1.83. The van der Waals surface area contributed by atoms with Crippen molar-refractivity contribution in [2.45, 2.75) is 26.3 Å². The van der Waals surface area contributed by atoms with Gasteiger partial charge in [0.1, 0.15) is 12.4 Å². The van der Waals surface area contributed by atoms with Crippen LogP contribution in [0.3, 0.4) is 0 Å². The van der Waals surface area contributed by atoms with Gasteiger partial charge in [-0.15, -0.1) is 0 Å². The molecular weight excluding hydrogens is 240 g/mol. The first-order valence-corrected chi connectivity index (χ1v) is 6.62. The van der Waals surface area contributed by atoms with Crippen LogP contribution in [0.2, 0.25) is 0 Å². The number of rotatable bonds is 7. The lowest BCUT2D eigenvalue weighted by molar-refractivity contribution is -0.128. The van der Waals surface area contributed by atoms with Crippen LogP contribution in [0.5, 0.6) is 5.75 Å². The Bertz CT molecular complexity index is 388. The fourth-order valence-electron chi connectivity index (χ4n) is 1.56. The summed E-state index contributed by atoms with van der Waals surface area (Å²) in [6.07, 6.45) is 0.516. The van der Waals surface area contributed by atoms with Crippen LogP contribution in [0.25, 0.3) is 0 Å². The Morgan fingerprint density at radius 3 is 2.53 bits per heavy atom. The summed E-state index contributed by atoms with van der Waals surface area (Å²) in [5, 5.41) is 3.28. The number of carbonyl (C=O) groups is 1. The summed E-state index contributed by atoms with van der Waals surface area (Å²) in [6, 6.07) is 8.22. The molecule has 1 aromatic carbocycles. The van der Waals surface area contributed by atoms with Crippen LogP contribution in [-0.4, -0.2) is 44.1 Å². The fraction of sp³-hybridized carbons (Fsp3) is 0.533. The normalized spacial score (nSPS) is 12.0. The quantitative estimate of drug-likeness (QED) is 0.817. The summed E-state index contributed by atoms with van der Waals surface area (Å²) in [5.74, 6) is 1.02. The summed E-state index contributed by atoms with van der Waals surface area (Å²) in [4.78, 5) is 13.0. The van der Waals surface area contributed by atoms with Gasteiger partial charge in [0.05, 0.1) is 0 Å². The first kappa shape index (κ1) is 15.5. The predicted molar refractivity (Wildman–Crippen MR) is 77.4 cm³/mol. The topological polar surface area (TPSA) is 41.6 Å². The van der Waals surface area contributed by atoms with Gasteiger partial charge in [-0.2, -0.15) is 0 Å². The van der Waals surface area contributed by atoms with Crippen LogP contribution < -0.4 is 10.1 Å². The van der Waals surface area contributed by atoms with Crippen LogP contribution in [0.4, 0.5) is 0 Å². The second-order valence-corrected chi connectivity index (χ2v) is 5.02. The van der Waals surface area contributed by atoms with E-state index in [0.29, 0.717) is 19.6 Å². The van der Waals surface area contributed by atoms with E-state index in [2.05, 4.69) is 12.2 Å². The highest BCUT2D eigenvalue weighted by atomic mass is 16.5. The smallest absolute Gasteiger partial charge is 0.223 e. The molecule has 1 amide bonds. The van der Waals surface area contributed by atoms with Gasteiger partial charge in [0.2, 0.25) is 5.91 Å². The molecule has 0 heterocycles. The zero-order chi connectivity index (χ0) is 14.3. The van der Waals surface area contributed by atoms with Gasteiger partial charge >= 0.3 is 0 Å². The molecule has 0 aromatic heterocycles. The van der Waals surface area contributed by atoms with Crippen LogP contribution in [-0.2, 0) is 4.79 Å². The Kier molecular flexibility index (Phi) is 6.36. The van der Waals surface area contributed by atoms with E-state index < -0.39 is 0 Å². The number of hydrogen-bond donors (Lipinski definition) is 1. The van der Waals surface area contributed by atoms with E-state index in [1.165, 1.54) is 5.56 Å². The first-order chi connectivity index (χ1) is 8.99. The molecule has 1 rings (SSSR count). The Hall–Kier alpha value is -1.55. The van der Waals surface area contributed by atoms with Crippen molar-refractivity contribution in [3.8, 4) is 5.75 Å². The highest BCUT2D eigenvalue weighted by molar-refractivity contribution is 5.75. The minimum Gasteiger partial charge on any atom is -0.492 e. The maximum absolute atomic E-state index is 11.4. The second-order valence-electron chi connectivity index (χ2n) is 5.02. The van der Waals surface area contributed by atoms with Crippen molar-refractivity contribution < 1.29 is 9.53 Å². The molecule has 106 valence electrons. The van der Waals surface area contributed by atoms with Crippen LogP contribution in [0.15, 0.2) is 24.3 Å². The first-order valence-electron chi connectivity index (χ1n) is 6.62. The van der Waals surface area contributed by atoms with E-state index in [1.54, 1.807) is 19.0 Å². The van der Waals surface area contributed by atoms with Crippen molar-refractivity contribution >= 4 is 5.91 Å². The molecule has 1 N–H and O–H groups in total. The van der Waals surface area contributed by atoms with Gasteiger partial charge < -0.3 is 15.0 Å². The van der Waals surface area contributed by atoms with Crippen molar-refractivity contribution in [2.24, 2.45) is 0 Å². The Morgan fingerprint density at radius 1 is 1.32 bits per heavy atom. The molecule has 0 radical (unpaired) electrons. The summed E-state index contributed by atoms with van der Waals surface area (Å²) >= 11 is 0. The van der Waals surface area contributed by atoms with Gasteiger partial charge in [-0.1, -0.05) is 17.7 Å². The Balaban J connectivity index is 2.19. The van der Waals surface area contributed by atoms with Crippen LogP contribution in [0, 0.1) is 6.92 Å². The van der Waals surface area contributed by atoms with Crippen LogP contribution >= 0.6 is 0 Å². The maximum atomic E-state index is 11.4. The summed E-state index contributed by atoms with van der Waals surface area (Å²) in [5.41, 5.74) is 1.22. The lowest BCUT2D eigenvalue weighted by Gasteiger charge is -2.16. The number of benzene rings is 1. The molecule has 0 aliphatic heterocycles. The van der Waals surface area contributed by atoms with E-state index in [9.17, 15) is 4.79 Å². The summed E-state index contributed by atoms with van der Waals surface area (Å²) in [7, 11) is 3.54. The fourth-order valence-corrected chi connectivity index (χ4v) is 1.56.